The van der Waals surface area contributed by atoms with E-state index >= 15 is 0 Å². The van der Waals surface area contributed by atoms with E-state index in [2.05, 4.69) is 10.3 Å². The van der Waals surface area contributed by atoms with E-state index in [9.17, 15) is 18.0 Å². The zero-order valence-corrected chi connectivity index (χ0v) is 14.4. The van der Waals surface area contributed by atoms with Crippen molar-refractivity contribution in [1.29, 1.82) is 0 Å². The molecule has 2 aromatic rings. The summed E-state index contributed by atoms with van der Waals surface area (Å²) in [4.78, 5) is 15.8. The molecule has 9 heteroatoms. The second kappa shape index (κ2) is 8.46. The number of hydrogen-bond donors (Lipinski definition) is 2. The summed E-state index contributed by atoms with van der Waals surface area (Å²) in [6, 6.07) is 6.18. The fourth-order valence-corrected chi connectivity index (χ4v) is 2.91. The topological polar surface area (TPSA) is 68.0 Å². The number of halogens is 4. The Hall–Kier alpha value is -1.64. The Balaban J connectivity index is 0.00000288. The first-order valence-corrected chi connectivity index (χ1v) is 7.85. The highest BCUT2D eigenvalue weighted by Crippen LogP contribution is 2.32. The van der Waals surface area contributed by atoms with E-state index < -0.39 is 17.9 Å². The molecule has 3 N–H and O–H groups in total. The lowest BCUT2D eigenvalue weighted by Crippen LogP contribution is -2.28. The maximum Gasteiger partial charge on any atom is 0.434 e. The lowest BCUT2D eigenvalue weighted by Gasteiger charge is -2.14. The second-order valence-electron chi connectivity index (χ2n) is 4.90. The molecule has 1 amide bonds. The third-order valence-electron chi connectivity index (χ3n) is 3.28. The molecule has 0 aliphatic carbocycles. The van der Waals surface area contributed by atoms with Crippen LogP contribution in [-0.2, 0) is 12.7 Å². The number of alkyl halides is 3. The predicted molar refractivity (Wildman–Crippen MR) is 89.2 cm³/mol. The van der Waals surface area contributed by atoms with Crippen molar-refractivity contribution in [3.63, 3.8) is 0 Å². The SMILES string of the molecule is CCC(NC(=O)c1ccc(CN)cc1)c1nc(C(F)(F)F)cs1.Cl. The number of rotatable bonds is 5. The fourth-order valence-electron chi connectivity index (χ4n) is 1.95. The quantitative estimate of drug-likeness (QED) is 0.827. The summed E-state index contributed by atoms with van der Waals surface area (Å²) in [7, 11) is 0. The van der Waals surface area contributed by atoms with Gasteiger partial charge in [0.05, 0.1) is 6.04 Å². The van der Waals surface area contributed by atoms with Crippen LogP contribution in [0.4, 0.5) is 13.2 Å². The Labute approximate surface area is 147 Å². The molecule has 2 rings (SSSR count). The van der Waals surface area contributed by atoms with Crippen molar-refractivity contribution in [2.24, 2.45) is 5.73 Å². The number of carbonyl (C=O) groups is 1. The molecule has 24 heavy (non-hydrogen) atoms. The molecule has 1 heterocycles. The van der Waals surface area contributed by atoms with Crippen LogP contribution in [0.2, 0.25) is 0 Å². The minimum Gasteiger partial charge on any atom is -0.343 e. The molecule has 1 aromatic heterocycles. The molecular formula is C15H17ClF3N3OS. The molecule has 0 aliphatic rings. The molecule has 0 fully saturated rings. The summed E-state index contributed by atoms with van der Waals surface area (Å²) >= 11 is 0.890. The van der Waals surface area contributed by atoms with Gasteiger partial charge in [-0.15, -0.1) is 23.7 Å². The molecule has 0 spiro atoms. The van der Waals surface area contributed by atoms with Gasteiger partial charge in [0, 0.05) is 17.5 Å². The number of carbonyl (C=O) groups excluding carboxylic acids is 1. The number of amides is 1. The Morgan fingerprint density at radius 1 is 1.33 bits per heavy atom. The first kappa shape index (κ1) is 20.4. The molecule has 4 nitrogen and oxygen atoms in total. The van der Waals surface area contributed by atoms with E-state index in [0.717, 1.165) is 22.3 Å². The van der Waals surface area contributed by atoms with E-state index in [1.165, 1.54) is 0 Å². The third kappa shape index (κ3) is 4.93. The van der Waals surface area contributed by atoms with E-state index in [1.54, 1.807) is 31.2 Å². The predicted octanol–water partition coefficient (Wildman–Crippen LogP) is 3.92. The lowest BCUT2D eigenvalue weighted by molar-refractivity contribution is -0.140. The summed E-state index contributed by atoms with van der Waals surface area (Å²) in [6.07, 6.45) is -4.04. The molecule has 0 radical (unpaired) electrons. The number of benzene rings is 1. The zero-order chi connectivity index (χ0) is 17.0. The molecule has 0 bridgehead atoms. The standard InChI is InChI=1S/C15H16F3N3OS.ClH/c1-2-11(14-21-12(8-23-14)15(16,17)18)20-13(22)10-5-3-9(7-19)4-6-10;/h3-6,8,11H,2,7,19H2,1H3,(H,20,22);1H. The van der Waals surface area contributed by atoms with Crippen molar-refractivity contribution in [3.05, 3.63) is 51.5 Å². The largest absolute Gasteiger partial charge is 0.434 e. The van der Waals surface area contributed by atoms with E-state index in [4.69, 9.17) is 5.73 Å². The summed E-state index contributed by atoms with van der Waals surface area (Å²) in [6.45, 7) is 2.15. The molecule has 1 aromatic carbocycles. The van der Waals surface area contributed by atoms with Crippen molar-refractivity contribution in [2.45, 2.75) is 32.1 Å². The third-order valence-corrected chi connectivity index (χ3v) is 4.23. The Bertz CT molecular complexity index is 673. The molecule has 0 saturated heterocycles. The van der Waals surface area contributed by atoms with Crippen LogP contribution in [0.15, 0.2) is 29.6 Å². The normalized spacial score (nSPS) is 12.4. The van der Waals surface area contributed by atoms with Gasteiger partial charge in [0.2, 0.25) is 0 Å². The molecular weight excluding hydrogens is 363 g/mol. The van der Waals surface area contributed by atoms with Crippen LogP contribution in [0, 0.1) is 0 Å². The van der Waals surface area contributed by atoms with Gasteiger partial charge >= 0.3 is 6.18 Å². The van der Waals surface area contributed by atoms with Crippen molar-refractivity contribution in [2.75, 3.05) is 0 Å². The van der Waals surface area contributed by atoms with Crippen molar-refractivity contribution < 1.29 is 18.0 Å². The maximum atomic E-state index is 12.6. The monoisotopic (exact) mass is 379 g/mol. The first-order chi connectivity index (χ1) is 10.8. The summed E-state index contributed by atoms with van der Waals surface area (Å²) in [5.41, 5.74) is 5.88. The minimum atomic E-state index is -4.48. The summed E-state index contributed by atoms with van der Waals surface area (Å²) in [5, 5.41) is 3.91. The van der Waals surface area contributed by atoms with Crippen LogP contribution in [0.1, 0.15) is 46.0 Å². The molecule has 0 saturated carbocycles. The Morgan fingerprint density at radius 3 is 2.42 bits per heavy atom. The van der Waals surface area contributed by atoms with Crippen LogP contribution >= 0.6 is 23.7 Å². The number of aromatic nitrogens is 1. The van der Waals surface area contributed by atoms with Gasteiger partial charge in [0.25, 0.3) is 5.91 Å². The maximum absolute atomic E-state index is 12.6. The number of nitrogens with zero attached hydrogens (tertiary/aromatic N) is 1. The average molecular weight is 380 g/mol. The minimum absolute atomic E-state index is 0. The number of nitrogens with two attached hydrogens (primary N) is 1. The van der Waals surface area contributed by atoms with Crippen molar-refractivity contribution >= 4 is 29.7 Å². The van der Waals surface area contributed by atoms with Gasteiger partial charge in [-0.25, -0.2) is 4.98 Å². The van der Waals surface area contributed by atoms with Gasteiger partial charge in [0.1, 0.15) is 5.01 Å². The van der Waals surface area contributed by atoms with Crippen LogP contribution < -0.4 is 11.1 Å². The number of nitrogens with one attached hydrogen (secondary N) is 1. The van der Waals surface area contributed by atoms with Gasteiger partial charge in [-0.3, -0.25) is 4.79 Å². The summed E-state index contributed by atoms with van der Waals surface area (Å²) in [5.74, 6) is -0.357. The lowest BCUT2D eigenvalue weighted by atomic mass is 10.1. The first-order valence-electron chi connectivity index (χ1n) is 6.97. The highest BCUT2D eigenvalue weighted by molar-refractivity contribution is 7.09. The smallest absolute Gasteiger partial charge is 0.343 e. The zero-order valence-electron chi connectivity index (χ0n) is 12.8. The van der Waals surface area contributed by atoms with Crippen LogP contribution in [0.3, 0.4) is 0 Å². The number of hydrogen-bond acceptors (Lipinski definition) is 4. The summed E-state index contributed by atoms with van der Waals surface area (Å²) < 4.78 is 37.8. The van der Waals surface area contributed by atoms with Gasteiger partial charge in [0.15, 0.2) is 5.69 Å². The van der Waals surface area contributed by atoms with Crippen molar-refractivity contribution in [3.8, 4) is 0 Å². The van der Waals surface area contributed by atoms with E-state index in [0.29, 0.717) is 18.5 Å². The van der Waals surface area contributed by atoms with E-state index in [-0.39, 0.29) is 23.3 Å². The highest BCUT2D eigenvalue weighted by atomic mass is 35.5. The van der Waals surface area contributed by atoms with Gasteiger partial charge < -0.3 is 11.1 Å². The van der Waals surface area contributed by atoms with Crippen LogP contribution in [0.5, 0.6) is 0 Å². The highest BCUT2D eigenvalue weighted by Gasteiger charge is 2.34. The molecule has 1 atom stereocenters. The van der Waals surface area contributed by atoms with Gasteiger partial charge in [-0.05, 0) is 24.1 Å². The van der Waals surface area contributed by atoms with Gasteiger partial charge in [-0.2, -0.15) is 13.2 Å². The average Bonchev–Trinajstić information content (AvgIpc) is 3.02. The van der Waals surface area contributed by atoms with Crippen LogP contribution in [-0.4, -0.2) is 10.9 Å². The second-order valence-corrected chi connectivity index (χ2v) is 5.79. The molecule has 1 unspecified atom stereocenters. The van der Waals surface area contributed by atoms with Crippen molar-refractivity contribution in [1.82, 2.24) is 10.3 Å². The fraction of sp³-hybridized carbons (Fsp3) is 0.333. The molecule has 132 valence electrons. The van der Waals surface area contributed by atoms with E-state index in [1.807, 2.05) is 0 Å². The Kier molecular flexibility index (Phi) is 7.19. The van der Waals surface area contributed by atoms with Crippen LogP contribution in [0.25, 0.3) is 0 Å². The number of thiazole rings is 1. The Morgan fingerprint density at radius 2 is 1.96 bits per heavy atom. The molecule has 0 aliphatic heterocycles. The van der Waals surface area contributed by atoms with Gasteiger partial charge in [-0.1, -0.05) is 19.1 Å².